The van der Waals surface area contributed by atoms with Gasteiger partial charge in [0.15, 0.2) is 0 Å². The SMILES string of the molecule is CCN(C(=O)NN1CCNC1)c1cccs1. The van der Waals surface area contributed by atoms with Crippen molar-refractivity contribution in [3.8, 4) is 0 Å². The molecule has 0 saturated carbocycles. The highest BCUT2D eigenvalue weighted by Crippen LogP contribution is 2.20. The van der Waals surface area contributed by atoms with Crippen molar-refractivity contribution in [3.05, 3.63) is 17.5 Å². The average molecular weight is 240 g/mol. The smallest absolute Gasteiger partial charge is 0.302 e. The fourth-order valence-corrected chi connectivity index (χ4v) is 2.41. The predicted octanol–water partition coefficient (Wildman–Crippen LogP) is 1.06. The Kier molecular flexibility index (Phi) is 3.76. The van der Waals surface area contributed by atoms with Crippen molar-refractivity contribution in [2.75, 3.05) is 31.2 Å². The third-order valence-corrected chi connectivity index (χ3v) is 3.34. The normalized spacial score (nSPS) is 16.3. The summed E-state index contributed by atoms with van der Waals surface area (Å²) in [7, 11) is 0. The van der Waals surface area contributed by atoms with Gasteiger partial charge in [0.1, 0.15) is 0 Å². The molecule has 0 radical (unpaired) electrons. The van der Waals surface area contributed by atoms with Crippen molar-refractivity contribution in [2.24, 2.45) is 0 Å². The Morgan fingerprint density at radius 1 is 1.75 bits per heavy atom. The zero-order valence-corrected chi connectivity index (χ0v) is 10.1. The van der Waals surface area contributed by atoms with Crippen LogP contribution in [0.4, 0.5) is 9.80 Å². The van der Waals surface area contributed by atoms with Crippen LogP contribution in [0.2, 0.25) is 0 Å². The summed E-state index contributed by atoms with van der Waals surface area (Å²) in [5, 5.41) is 8.01. The van der Waals surface area contributed by atoms with Gasteiger partial charge in [0.25, 0.3) is 0 Å². The van der Waals surface area contributed by atoms with Crippen LogP contribution < -0.4 is 15.6 Å². The molecule has 0 aliphatic carbocycles. The second-order valence-electron chi connectivity index (χ2n) is 3.53. The van der Waals surface area contributed by atoms with Crippen LogP contribution in [0.15, 0.2) is 17.5 Å². The number of thiophene rings is 1. The lowest BCUT2D eigenvalue weighted by Crippen LogP contribution is -2.48. The summed E-state index contributed by atoms with van der Waals surface area (Å²) in [6.07, 6.45) is 0. The Morgan fingerprint density at radius 2 is 2.62 bits per heavy atom. The van der Waals surface area contributed by atoms with Crippen LogP contribution in [0.3, 0.4) is 0 Å². The van der Waals surface area contributed by atoms with Gasteiger partial charge in [-0.15, -0.1) is 11.3 Å². The summed E-state index contributed by atoms with van der Waals surface area (Å²) in [6, 6.07) is 3.84. The molecule has 0 aromatic carbocycles. The first kappa shape index (κ1) is 11.4. The summed E-state index contributed by atoms with van der Waals surface area (Å²) in [4.78, 5) is 13.7. The van der Waals surface area contributed by atoms with Crippen molar-refractivity contribution in [1.82, 2.24) is 15.8 Å². The van der Waals surface area contributed by atoms with Crippen LogP contribution in [0.25, 0.3) is 0 Å². The molecule has 2 amide bonds. The van der Waals surface area contributed by atoms with E-state index in [4.69, 9.17) is 0 Å². The van der Waals surface area contributed by atoms with Gasteiger partial charge in [0.05, 0.1) is 11.7 Å². The number of nitrogens with zero attached hydrogens (tertiary/aromatic N) is 2. The molecule has 0 spiro atoms. The Morgan fingerprint density at radius 3 is 3.19 bits per heavy atom. The number of amides is 2. The molecule has 1 aromatic heterocycles. The molecule has 1 aromatic rings. The van der Waals surface area contributed by atoms with E-state index in [1.54, 1.807) is 16.2 Å². The summed E-state index contributed by atoms with van der Waals surface area (Å²) in [5.41, 5.74) is 2.88. The van der Waals surface area contributed by atoms with E-state index in [1.807, 2.05) is 29.4 Å². The van der Waals surface area contributed by atoms with Gasteiger partial charge >= 0.3 is 6.03 Å². The molecule has 6 heteroatoms. The summed E-state index contributed by atoms with van der Waals surface area (Å²) < 4.78 is 0. The van der Waals surface area contributed by atoms with Gasteiger partial charge < -0.3 is 5.32 Å². The highest BCUT2D eigenvalue weighted by molar-refractivity contribution is 7.14. The molecule has 16 heavy (non-hydrogen) atoms. The number of nitrogens with one attached hydrogen (secondary N) is 2. The van der Waals surface area contributed by atoms with E-state index in [2.05, 4.69) is 10.7 Å². The maximum absolute atomic E-state index is 12.0. The Balaban J connectivity index is 1.96. The largest absolute Gasteiger partial charge is 0.337 e. The quantitative estimate of drug-likeness (QED) is 0.830. The van der Waals surface area contributed by atoms with Crippen molar-refractivity contribution in [3.63, 3.8) is 0 Å². The van der Waals surface area contributed by atoms with E-state index in [0.29, 0.717) is 13.2 Å². The molecule has 2 N–H and O–H groups in total. The Hall–Kier alpha value is -1.11. The van der Waals surface area contributed by atoms with Gasteiger partial charge in [-0.3, -0.25) is 10.3 Å². The number of rotatable bonds is 3. The minimum atomic E-state index is -0.0614. The number of carbonyl (C=O) groups is 1. The topological polar surface area (TPSA) is 47.6 Å². The van der Waals surface area contributed by atoms with Crippen molar-refractivity contribution < 1.29 is 4.79 Å². The zero-order valence-electron chi connectivity index (χ0n) is 9.27. The first-order valence-corrected chi connectivity index (χ1v) is 6.26. The maximum atomic E-state index is 12.0. The van der Waals surface area contributed by atoms with Crippen molar-refractivity contribution >= 4 is 22.4 Å². The second kappa shape index (κ2) is 5.29. The fraction of sp³-hybridized carbons (Fsp3) is 0.500. The molecule has 0 unspecified atom stereocenters. The van der Waals surface area contributed by atoms with E-state index >= 15 is 0 Å². The van der Waals surface area contributed by atoms with Crippen LogP contribution in [-0.4, -0.2) is 37.3 Å². The minimum Gasteiger partial charge on any atom is -0.302 e. The molecule has 2 heterocycles. The molecule has 88 valence electrons. The third-order valence-electron chi connectivity index (χ3n) is 2.45. The molecule has 2 rings (SSSR count). The number of hydrazine groups is 1. The lowest BCUT2D eigenvalue weighted by atomic mass is 10.5. The second-order valence-corrected chi connectivity index (χ2v) is 4.46. The van der Waals surface area contributed by atoms with E-state index in [9.17, 15) is 4.79 Å². The van der Waals surface area contributed by atoms with Crippen molar-refractivity contribution in [1.29, 1.82) is 0 Å². The standard InChI is InChI=1S/C10H16N4OS/c1-2-14(9-4-3-7-16-9)10(15)12-13-6-5-11-8-13/h3-4,7,11H,2,5-6,8H2,1H3,(H,12,15). The molecule has 1 aliphatic rings. The lowest BCUT2D eigenvalue weighted by molar-refractivity contribution is 0.202. The van der Waals surface area contributed by atoms with Gasteiger partial charge in [-0.1, -0.05) is 0 Å². The minimum absolute atomic E-state index is 0.0614. The lowest BCUT2D eigenvalue weighted by Gasteiger charge is -2.23. The van der Waals surface area contributed by atoms with Gasteiger partial charge in [-0.05, 0) is 24.4 Å². The van der Waals surface area contributed by atoms with Crippen LogP contribution in [0.5, 0.6) is 0 Å². The monoisotopic (exact) mass is 240 g/mol. The van der Waals surface area contributed by atoms with Gasteiger partial charge in [-0.25, -0.2) is 9.80 Å². The molecule has 1 fully saturated rings. The molecular weight excluding hydrogens is 224 g/mol. The Bertz CT molecular complexity index is 335. The highest BCUT2D eigenvalue weighted by Gasteiger charge is 2.19. The number of carbonyl (C=O) groups excluding carboxylic acids is 1. The molecule has 0 atom stereocenters. The molecular formula is C10H16N4OS. The highest BCUT2D eigenvalue weighted by atomic mass is 32.1. The maximum Gasteiger partial charge on any atom is 0.337 e. The Labute approximate surface area is 99.0 Å². The van der Waals surface area contributed by atoms with Crippen LogP contribution in [0.1, 0.15) is 6.92 Å². The summed E-state index contributed by atoms with van der Waals surface area (Å²) >= 11 is 1.57. The van der Waals surface area contributed by atoms with E-state index < -0.39 is 0 Å². The van der Waals surface area contributed by atoms with Gasteiger partial charge in [0.2, 0.25) is 0 Å². The molecule has 1 saturated heterocycles. The molecule has 5 nitrogen and oxygen atoms in total. The van der Waals surface area contributed by atoms with E-state index in [1.165, 1.54) is 0 Å². The average Bonchev–Trinajstić information content (AvgIpc) is 2.91. The number of urea groups is 1. The third kappa shape index (κ3) is 2.52. The van der Waals surface area contributed by atoms with E-state index in [-0.39, 0.29) is 6.03 Å². The van der Waals surface area contributed by atoms with Crippen LogP contribution in [-0.2, 0) is 0 Å². The summed E-state index contributed by atoms with van der Waals surface area (Å²) in [6.45, 7) is 5.14. The predicted molar refractivity (Wildman–Crippen MR) is 65.4 cm³/mol. The fourth-order valence-electron chi connectivity index (χ4n) is 1.62. The number of anilines is 1. The van der Waals surface area contributed by atoms with Gasteiger partial charge in [0, 0.05) is 19.6 Å². The van der Waals surface area contributed by atoms with Crippen molar-refractivity contribution in [2.45, 2.75) is 6.92 Å². The summed E-state index contributed by atoms with van der Waals surface area (Å²) in [5.74, 6) is 0. The van der Waals surface area contributed by atoms with Gasteiger partial charge in [-0.2, -0.15) is 0 Å². The zero-order chi connectivity index (χ0) is 11.4. The first-order valence-electron chi connectivity index (χ1n) is 5.38. The van der Waals surface area contributed by atoms with Crippen LogP contribution >= 0.6 is 11.3 Å². The molecule has 0 bridgehead atoms. The van der Waals surface area contributed by atoms with E-state index in [0.717, 1.165) is 18.1 Å². The number of hydrogen-bond donors (Lipinski definition) is 2. The first-order chi connectivity index (χ1) is 7.81. The van der Waals surface area contributed by atoms with Crippen LogP contribution in [0, 0.1) is 0 Å². The molecule has 1 aliphatic heterocycles. The number of hydrogen-bond acceptors (Lipinski definition) is 4.